The van der Waals surface area contributed by atoms with Gasteiger partial charge < -0.3 is 10.5 Å². The minimum atomic E-state index is -3.87. The Morgan fingerprint density at radius 2 is 1.77 bits per heavy atom. The first-order chi connectivity index (χ1) is 10.1. The van der Waals surface area contributed by atoms with Gasteiger partial charge >= 0.3 is 5.97 Å². The molecule has 0 bridgehead atoms. The summed E-state index contributed by atoms with van der Waals surface area (Å²) in [4.78, 5) is 22.6. The van der Waals surface area contributed by atoms with Crippen LogP contribution in [0.3, 0.4) is 0 Å². The van der Waals surface area contributed by atoms with Crippen LogP contribution in [0.15, 0.2) is 29.2 Å². The van der Waals surface area contributed by atoms with Crippen molar-refractivity contribution in [3.8, 4) is 0 Å². The fourth-order valence-corrected chi connectivity index (χ4v) is 2.97. The van der Waals surface area contributed by atoms with E-state index < -0.39 is 34.5 Å². The van der Waals surface area contributed by atoms with Gasteiger partial charge in [-0.3, -0.25) is 9.59 Å². The van der Waals surface area contributed by atoms with Crippen molar-refractivity contribution in [2.45, 2.75) is 31.7 Å². The number of esters is 1. The average Bonchev–Trinajstić information content (AvgIpc) is 2.42. The van der Waals surface area contributed by atoms with Crippen molar-refractivity contribution >= 4 is 21.9 Å². The van der Waals surface area contributed by atoms with E-state index in [1.54, 1.807) is 26.0 Å². The summed E-state index contributed by atoms with van der Waals surface area (Å²) >= 11 is 0. The Kier molecular flexibility index (Phi) is 6.07. The molecule has 8 heteroatoms. The molecule has 22 heavy (non-hydrogen) atoms. The molecular formula is C14H20N2O5S. The van der Waals surface area contributed by atoms with Crippen molar-refractivity contribution < 1.29 is 22.7 Å². The quantitative estimate of drug-likeness (QED) is 0.700. The standard InChI is InChI=1S/C14H20N2O5S/c1-9(2)13(14(18)21-8-12(15)17)16-22(19,20)11-6-4-10(3)5-7-11/h4-7,9,13,16H,8H2,1-3H3,(H2,15,17)/t13-/m0/s1. The molecule has 0 aliphatic heterocycles. The minimum Gasteiger partial charge on any atom is -0.454 e. The molecule has 0 fully saturated rings. The highest BCUT2D eigenvalue weighted by Gasteiger charge is 2.29. The Morgan fingerprint density at radius 1 is 1.23 bits per heavy atom. The number of sulfonamides is 1. The zero-order valence-electron chi connectivity index (χ0n) is 12.7. The number of aryl methyl sites for hydroxylation is 1. The molecule has 0 saturated carbocycles. The van der Waals surface area contributed by atoms with Crippen LogP contribution in [-0.4, -0.2) is 32.9 Å². The lowest BCUT2D eigenvalue weighted by Crippen LogP contribution is -2.45. The molecule has 7 nitrogen and oxygen atoms in total. The Labute approximate surface area is 129 Å². The van der Waals surface area contributed by atoms with Crippen LogP contribution in [0.5, 0.6) is 0 Å². The number of hydrogen-bond donors (Lipinski definition) is 2. The molecule has 0 unspecified atom stereocenters. The van der Waals surface area contributed by atoms with Crippen LogP contribution in [-0.2, 0) is 24.3 Å². The molecule has 0 aliphatic rings. The predicted octanol–water partition coefficient (Wildman–Crippen LogP) is 0.326. The van der Waals surface area contributed by atoms with Crippen molar-refractivity contribution in [2.24, 2.45) is 11.7 Å². The van der Waals surface area contributed by atoms with E-state index in [9.17, 15) is 18.0 Å². The number of primary amides is 1. The number of rotatable bonds is 7. The fourth-order valence-electron chi connectivity index (χ4n) is 1.64. The highest BCUT2D eigenvalue weighted by molar-refractivity contribution is 7.89. The topological polar surface area (TPSA) is 116 Å². The Bertz CT molecular complexity index is 638. The summed E-state index contributed by atoms with van der Waals surface area (Å²) in [5.74, 6) is -2.01. The van der Waals surface area contributed by atoms with Crippen molar-refractivity contribution in [3.05, 3.63) is 29.8 Å². The normalized spacial score (nSPS) is 12.9. The van der Waals surface area contributed by atoms with E-state index >= 15 is 0 Å². The van der Waals surface area contributed by atoms with Gasteiger partial charge in [0.15, 0.2) is 6.61 Å². The number of carbonyl (C=O) groups is 2. The third kappa shape index (κ3) is 5.12. The van der Waals surface area contributed by atoms with Gasteiger partial charge in [-0.25, -0.2) is 8.42 Å². The van der Waals surface area contributed by atoms with Crippen molar-refractivity contribution in [2.75, 3.05) is 6.61 Å². The van der Waals surface area contributed by atoms with Gasteiger partial charge in [-0.2, -0.15) is 4.72 Å². The molecule has 122 valence electrons. The van der Waals surface area contributed by atoms with Crippen LogP contribution in [0.25, 0.3) is 0 Å². The zero-order valence-corrected chi connectivity index (χ0v) is 13.5. The molecule has 0 heterocycles. The van der Waals surface area contributed by atoms with Gasteiger partial charge in [0.2, 0.25) is 10.0 Å². The van der Waals surface area contributed by atoms with Crippen LogP contribution in [0.2, 0.25) is 0 Å². The number of nitrogens with two attached hydrogens (primary N) is 1. The van der Waals surface area contributed by atoms with E-state index in [4.69, 9.17) is 5.73 Å². The van der Waals surface area contributed by atoms with Gasteiger partial charge in [-0.1, -0.05) is 31.5 Å². The SMILES string of the molecule is Cc1ccc(S(=O)(=O)N[C@H](C(=O)OCC(N)=O)C(C)C)cc1. The maximum atomic E-state index is 12.3. The summed E-state index contributed by atoms with van der Waals surface area (Å²) in [6.45, 7) is 4.57. The number of hydrogen-bond acceptors (Lipinski definition) is 5. The van der Waals surface area contributed by atoms with Crippen molar-refractivity contribution in [1.29, 1.82) is 0 Å². The van der Waals surface area contributed by atoms with Crippen molar-refractivity contribution in [3.63, 3.8) is 0 Å². The Balaban J connectivity index is 2.92. The molecule has 0 saturated heterocycles. The fraction of sp³-hybridized carbons (Fsp3) is 0.429. The molecule has 1 atom stereocenters. The molecule has 1 amide bonds. The molecule has 1 aromatic carbocycles. The van der Waals surface area contributed by atoms with Gasteiger partial charge in [0.1, 0.15) is 6.04 Å². The molecule has 0 aliphatic carbocycles. The first-order valence-corrected chi connectivity index (χ1v) is 8.15. The molecule has 1 rings (SSSR count). The number of ether oxygens (including phenoxy) is 1. The van der Waals surface area contributed by atoms with Gasteiger partial charge in [0.05, 0.1) is 4.90 Å². The highest BCUT2D eigenvalue weighted by atomic mass is 32.2. The van der Waals surface area contributed by atoms with Gasteiger partial charge in [0.25, 0.3) is 5.91 Å². The minimum absolute atomic E-state index is 0.0476. The lowest BCUT2D eigenvalue weighted by Gasteiger charge is -2.20. The zero-order chi connectivity index (χ0) is 16.9. The third-order valence-electron chi connectivity index (χ3n) is 2.89. The Morgan fingerprint density at radius 3 is 2.23 bits per heavy atom. The highest BCUT2D eigenvalue weighted by Crippen LogP contribution is 2.13. The number of amides is 1. The van der Waals surface area contributed by atoms with Gasteiger partial charge in [0, 0.05) is 0 Å². The largest absolute Gasteiger partial charge is 0.454 e. The summed E-state index contributed by atoms with van der Waals surface area (Å²) in [5.41, 5.74) is 5.81. The van der Waals surface area contributed by atoms with Crippen LogP contribution >= 0.6 is 0 Å². The molecule has 0 aromatic heterocycles. The number of nitrogens with one attached hydrogen (secondary N) is 1. The monoisotopic (exact) mass is 328 g/mol. The van der Waals surface area contributed by atoms with Crippen molar-refractivity contribution in [1.82, 2.24) is 4.72 Å². The van der Waals surface area contributed by atoms with Crippen LogP contribution in [0, 0.1) is 12.8 Å². The predicted molar refractivity (Wildman–Crippen MR) is 80.3 cm³/mol. The van der Waals surface area contributed by atoms with E-state index in [-0.39, 0.29) is 10.8 Å². The van der Waals surface area contributed by atoms with E-state index in [0.29, 0.717) is 0 Å². The average molecular weight is 328 g/mol. The lowest BCUT2D eigenvalue weighted by molar-refractivity contribution is -0.150. The summed E-state index contributed by atoms with van der Waals surface area (Å²) in [7, 11) is -3.87. The summed E-state index contributed by atoms with van der Waals surface area (Å²) in [6.07, 6.45) is 0. The van der Waals surface area contributed by atoms with Crippen LogP contribution in [0.4, 0.5) is 0 Å². The molecule has 0 radical (unpaired) electrons. The number of carbonyl (C=O) groups excluding carboxylic acids is 2. The summed E-state index contributed by atoms with van der Waals surface area (Å²) in [6, 6.07) is 5.10. The maximum Gasteiger partial charge on any atom is 0.324 e. The first-order valence-electron chi connectivity index (χ1n) is 6.67. The first kappa shape index (κ1) is 18.1. The molecular weight excluding hydrogens is 308 g/mol. The molecule has 0 spiro atoms. The Hall–Kier alpha value is -1.93. The smallest absolute Gasteiger partial charge is 0.324 e. The van der Waals surface area contributed by atoms with Crippen LogP contribution < -0.4 is 10.5 Å². The van der Waals surface area contributed by atoms with E-state index in [1.807, 2.05) is 6.92 Å². The summed E-state index contributed by atoms with van der Waals surface area (Å²) < 4.78 is 31.6. The van der Waals surface area contributed by atoms with E-state index in [1.165, 1.54) is 12.1 Å². The third-order valence-corrected chi connectivity index (χ3v) is 4.35. The van der Waals surface area contributed by atoms with Gasteiger partial charge in [-0.05, 0) is 25.0 Å². The second-order valence-corrected chi connectivity index (χ2v) is 6.94. The van der Waals surface area contributed by atoms with Gasteiger partial charge in [-0.15, -0.1) is 0 Å². The second kappa shape index (κ2) is 7.37. The molecule has 1 aromatic rings. The van der Waals surface area contributed by atoms with Crippen LogP contribution in [0.1, 0.15) is 19.4 Å². The maximum absolute atomic E-state index is 12.3. The number of benzene rings is 1. The lowest BCUT2D eigenvalue weighted by atomic mass is 10.1. The summed E-state index contributed by atoms with van der Waals surface area (Å²) in [5, 5.41) is 0. The van der Waals surface area contributed by atoms with E-state index in [0.717, 1.165) is 5.56 Å². The molecule has 3 N–H and O–H groups in total. The second-order valence-electron chi connectivity index (χ2n) is 5.23. The van der Waals surface area contributed by atoms with E-state index in [2.05, 4.69) is 9.46 Å².